The average molecular weight is 202 g/mol. The van der Waals surface area contributed by atoms with Crippen LogP contribution < -0.4 is 0 Å². The zero-order chi connectivity index (χ0) is 10.4. The lowest BCUT2D eigenvalue weighted by Crippen LogP contribution is -2.47. The number of rotatable bonds is 5. The molecule has 84 valence electrons. The largest absolute Gasteiger partial charge is 0.355 e. The maximum Gasteiger partial charge on any atom is 0.169 e. The van der Waals surface area contributed by atoms with E-state index in [0.717, 1.165) is 32.7 Å². The molecule has 4 nitrogen and oxygen atoms in total. The zero-order valence-electron chi connectivity index (χ0n) is 9.53. The van der Waals surface area contributed by atoms with E-state index in [2.05, 4.69) is 16.8 Å². The smallest absolute Gasteiger partial charge is 0.169 e. The standard InChI is InChI=1S/C10H22N2O2/c1-4-14-10(13-3)9-12-7-5-11(2)6-8-12/h10H,4-9H2,1-3H3/t10-/m1/s1. The first-order valence-corrected chi connectivity index (χ1v) is 5.31. The highest BCUT2D eigenvalue weighted by Gasteiger charge is 2.17. The van der Waals surface area contributed by atoms with Crippen molar-refractivity contribution in [2.75, 3.05) is 53.5 Å². The summed E-state index contributed by atoms with van der Waals surface area (Å²) in [4.78, 5) is 4.74. The maximum absolute atomic E-state index is 5.44. The lowest BCUT2D eigenvalue weighted by molar-refractivity contribution is -0.134. The first-order valence-electron chi connectivity index (χ1n) is 5.31. The van der Waals surface area contributed by atoms with Crippen molar-refractivity contribution < 1.29 is 9.47 Å². The molecule has 0 amide bonds. The molecule has 0 bridgehead atoms. The van der Waals surface area contributed by atoms with Crippen LogP contribution in [0.3, 0.4) is 0 Å². The Labute approximate surface area is 86.8 Å². The van der Waals surface area contributed by atoms with E-state index in [1.54, 1.807) is 7.11 Å². The predicted octanol–water partition coefficient (Wildman–Crippen LogP) is 0.243. The summed E-state index contributed by atoms with van der Waals surface area (Å²) in [7, 11) is 3.87. The fourth-order valence-corrected chi connectivity index (χ4v) is 1.62. The fourth-order valence-electron chi connectivity index (χ4n) is 1.62. The van der Waals surface area contributed by atoms with Gasteiger partial charge in [-0.15, -0.1) is 0 Å². The van der Waals surface area contributed by atoms with Crippen LogP contribution in [0.2, 0.25) is 0 Å². The quantitative estimate of drug-likeness (QED) is 0.596. The molecule has 1 fully saturated rings. The summed E-state index contributed by atoms with van der Waals surface area (Å²) in [6.45, 7) is 8.11. The molecule has 0 radical (unpaired) electrons. The summed E-state index contributed by atoms with van der Waals surface area (Å²) in [6.07, 6.45) is -0.0663. The molecule has 0 aromatic rings. The summed E-state index contributed by atoms with van der Waals surface area (Å²) < 4.78 is 10.7. The van der Waals surface area contributed by atoms with Crippen LogP contribution >= 0.6 is 0 Å². The summed E-state index contributed by atoms with van der Waals surface area (Å²) in [5, 5.41) is 0. The van der Waals surface area contributed by atoms with Crippen molar-refractivity contribution in [1.29, 1.82) is 0 Å². The lowest BCUT2D eigenvalue weighted by Gasteiger charge is -2.33. The Hall–Kier alpha value is -0.160. The van der Waals surface area contributed by atoms with Crippen LogP contribution in [0.25, 0.3) is 0 Å². The number of hydrogen-bond donors (Lipinski definition) is 0. The average Bonchev–Trinajstić information content (AvgIpc) is 2.20. The molecule has 1 heterocycles. The van der Waals surface area contributed by atoms with Crippen molar-refractivity contribution in [2.45, 2.75) is 13.2 Å². The van der Waals surface area contributed by atoms with Crippen LogP contribution in [0.1, 0.15) is 6.92 Å². The van der Waals surface area contributed by atoms with Gasteiger partial charge >= 0.3 is 0 Å². The molecule has 0 aromatic carbocycles. The Morgan fingerprint density at radius 3 is 2.36 bits per heavy atom. The predicted molar refractivity (Wildman–Crippen MR) is 56.4 cm³/mol. The number of methoxy groups -OCH3 is 1. The van der Waals surface area contributed by atoms with Crippen LogP contribution in [0.5, 0.6) is 0 Å². The molecule has 1 aliphatic rings. The van der Waals surface area contributed by atoms with E-state index in [1.807, 2.05) is 6.92 Å². The molecule has 1 rings (SSSR count). The third-order valence-electron chi connectivity index (χ3n) is 2.62. The topological polar surface area (TPSA) is 24.9 Å². The van der Waals surface area contributed by atoms with Crippen LogP contribution in [-0.4, -0.2) is 69.6 Å². The van der Waals surface area contributed by atoms with Crippen LogP contribution in [0.15, 0.2) is 0 Å². The highest BCUT2D eigenvalue weighted by Crippen LogP contribution is 2.03. The molecular weight excluding hydrogens is 180 g/mol. The minimum Gasteiger partial charge on any atom is -0.355 e. The van der Waals surface area contributed by atoms with E-state index in [4.69, 9.17) is 9.47 Å². The van der Waals surface area contributed by atoms with Crippen LogP contribution in [-0.2, 0) is 9.47 Å². The summed E-state index contributed by atoms with van der Waals surface area (Å²) in [6, 6.07) is 0. The highest BCUT2D eigenvalue weighted by molar-refractivity contribution is 4.69. The number of likely N-dealkylation sites (N-methyl/N-ethyl adjacent to an activating group) is 1. The van der Waals surface area contributed by atoms with Crippen molar-refractivity contribution in [3.8, 4) is 0 Å². The van der Waals surface area contributed by atoms with Gasteiger partial charge in [0.05, 0.1) is 0 Å². The summed E-state index contributed by atoms with van der Waals surface area (Å²) >= 11 is 0. The Kier molecular flexibility index (Phi) is 5.40. The van der Waals surface area contributed by atoms with Gasteiger partial charge in [-0.05, 0) is 14.0 Å². The first kappa shape index (κ1) is 11.9. The Morgan fingerprint density at radius 1 is 1.21 bits per heavy atom. The van der Waals surface area contributed by atoms with E-state index >= 15 is 0 Å². The summed E-state index contributed by atoms with van der Waals surface area (Å²) in [5.74, 6) is 0. The van der Waals surface area contributed by atoms with E-state index in [9.17, 15) is 0 Å². The molecule has 0 aromatic heterocycles. The summed E-state index contributed by atoms with van der Waals surface area (Å²) in [5.41, 5.74) is 0. The Balaban J connectivity index is 2.21. The minimum atomic E-state index is -0.0663. The van der Waals surface area contributed by atoms with Gasteiger partial charge in [-0.1, -0.05) is 0 Å². The molecule has 1 atom stereocenters. The number of hydrogen-bond acceptors (Lipinski definition) is 4. The van der Waals surface area contributed by atoms with E-state index < -0.39 is 0 Å². The number of ether oxygens (including phenoxy) is 2. The zero-order valence-corrected chi connectivity index (χ0v) is 9.53. The van der Waals surface area contributed by atoms with E-state index in [0.29, 0.717) is 6.61 Å². The number of piperazine rings is 1. The van der Waals surface area contributed by atoms with Gasteiger partial charge in [-0.25, -0.2) is 0 Å². The van der Waals surface area contributed by atoms with Crippen molar-refractivity contribution >= 4 is 0 Å². The highest BCUT2D eigenvalue weighted by atomic mass is 16.7. The normalized spacial score (nSPS) is 22.5. The molecule has 0 N–H and O–H groups in total. The van der Waals surface area contributed by atoms with Gasteiger partial charge in [-0.2, -0.15) is 0 Å². The number of nitrogens with zero attached hydrogens (tertiary/aromatic N) is 2. The second kappa shape index (κ2) is 6.35. The van der Waals surface area contributed by atoms with Crippen LogP contribution in [0, 0.1) is 0 Å². The Morgan fingerprint density at radius 2 is 1.86 bits per heavy atom. The van der Waals surface area contributed by atoms with Crippen molar-refractivity contribution in [3.05, 3.63) is 0 Å². The molecule has 4 heteroatoms. The van der Waals surface area contributed by atoms with Crippen molar-refractivity contribution in [3.63, 3.8) is 0 Å². The first-order chi connectivity index (χ1) is 6.76. The third kappa shape index (κ3) is 3.92. The maximum atomic E-state index is 5.44. The second-order valence-electron chi connectivity index (χ2n) is 3.72. The minimum absolute atomic E-state index is 0.0663. The molecule has 0 aliphatic carbocycles. The van der Waals surface area contributed by atoms with Gasteiger partial charge in [0.15, 0.2) is 6.29 Å². The molecule has 0 unspecified atom stereocenters. The lowest BCUT2D eigenvalue weighted by atomic mass is 10.3. The molecule has 14 heavy (non-hydrogen) atoms. The molecule has 0 saturated carbocycles. The van der Waals surface area contributed by atoms with Gasteiger partial charge in [0.2, 0.25) is 0 Å². The Bertz CT molecular complexity index is 147. The molecule has 1 aliphatic heterocycles. The monoisotopic (exact) mass is 202 g/mol. The van der Waals surface area contributed by atoms with E-state index in [-0.39, 0.29) is 6.29 Å². The van der Waals surface area contributed by atoms with Crippen molar-refractivity contribution in [1.82, 2.24) is 9.80 Å². The fraction of sp³-hybridized carbons (Fsp3) is 1.00. The van der Waals surface area contributed by atoms with Crippen molar-refractivity contribution in [2.24, 2.45) is 0 Å². The van der Waals surface area contributed by atoms with E-state index in [1.165, 1.54) is 0 Å². The van der Waals surface area contributed by atoms with Gasteiger partial charge in [0.25, 0.3) is 0 Å². The third-order valence-corrected chi connectivity index (χ3v) is 2.62. The van der Waals surface area contributed by atoms with Crippen LogP contribution in [0.4, 0.5) is 0 Å². The van der Waals surface area contributed by atoms with Gasteiger partial charge in [0.1, 0.15) is 0 Å². The second-order valence-corrected chi connectivity index (χ2v) is 3.72. The van der Waals surface area contributed by atoms with Gasteiger partial charge < -0.3 is 14.4 Å². The molecule has 0 spiro atoms. The SMILES string of the molecule is CCO[C@H](CN1CCN(C)CC1)OC. The molecule has 1 saturated heterocycles. The molecular formula is C10H22N2O2. The van der Waals surface area contributed by atoms with Gasteiger partial charge in [-0.3, -0.25) is 4.90 Å². The van der Waals surface area contributed by atoms with Gasteiger partial charge in [0, 0.05) is 46.4 Å².